The van der Waals surface area contributed by atoms with Crippen molar-refractivity contribution in [3.05, 3.63) is 0 Å². The van der Waals surface area contributed by atoms with Gasteiger partial charge in [-0.05, 0) is 0 Å². The maximum Gasteiger partial charge on any atom is 2.00 e. The molecule has 0 radical (unpaired) electrons. The van der Waals surface area contributed by atoms with Crippen LogP contribution in [0.4, 0.5) is 9.41 Å². The third-order valence-corrected chi connectivity index (χ3v) is 0. The van der Waals surface area contributed by atoms with E-state index in [1.54, 1.807) is 0 Å². The summed E-state index contributed by atoms with van der Waals surface area (Å²) in [7, 11) is -3.63. The van der Waals surface area contributed by atoms with Gasteiger partial charge < -0.3 is 22.6 Å². The predicted molar refractivity (Wildman–Crippen MR) is 29.6 cm³/mol. The van der Waals surface area contributed by atoms with Gasteiger partial charge in [0.2, 0.25) is 0 Å². The number of rotatable bonds is 0. The normalized spacial score (nSPS) is 2.00. The zero-order valence-electron chi connectivity index (χ0n) is 14.0. The van der Waals surface area contributed by atoms with Crippen molar-refractivity contribution in [2.24, 2.45) is 0 Å². The van der Waals surface area contributed by atoms with Gasteiger partial charge in [-0.15, -0.1) is 0 Å². The van der Waals surface area contributed by atoms with Crippen molar-refractivity contribution in [1.29, 1.82) is 0 Å². The third kappa shape index (κ3) is 140. The largest absolute Gasteiger partial charge is 2.00 e. The minimum atomic E-state index is -3.63. The third-order valence-electron chi connectivity index (χ3n) is 0. The molecule has 0 aromatic carbocycles. The molecule has 0 aliphatic rings. The molecule has 0 bridgehead atoms. The van der Waals surface area contributed by atoms with E-state index in [0.717, 1.165) is 0 Å². The van der Waals surface area contributed by atoms with E-state index in [4.69, 9.17) is 14.1 Å². The summed E-state index contributed by atoms with van der Waals surface area (Å²) in [6, 6.07) is 0. The average molecular weight is 231 g/mol. The summed E-state index contributed by atoms with van der Waals surface area (Å²) in [6.07, 6.45) is 0. The van der Waals surface area contributed by atoms with E-state index in [-0.39, 0.29) is 161 Å². The molecule has 52 valence electrons. The van der Waals surface area contributed by atoms with Crippen LogP contribution in [0.2, 0.25) is 0 Å². The number of hydrogen-bond acceptors (Lipinski definition) is 3. The molecule has 0 unspecified atom stereocenters. The van der Waals surface area contributed by atoms with E-state index in [2.05, 4.69) is 0 Å². The zero-order chi connectivity index (χ0) is 3.58. The minimum absolute atomic E-state index is 0. The Hall–Kier alpha value is 4.20. The minimum Gasteiger partial charge on any atom is -1.00 e. The maximum absolute atomic E-state index is 8.52. The molecule has 0 aromatic heterocycles. The van der Waals surface area contributed by atoms with E-state index in [1.807, 2.05) is 0 Å². The summed E-state index contributed by atoms with van der Waals surface area (Å²) in [6.45, 7) is 0. The van der Waals surface area contributed by atoms with Gasteiger partial charge in [0.15, 0.2) is 0 Å². The fourth-order valence-electron chi connectivity index (χ4n) is 0. The van der Waals surface area contributed by atoms with Crippen molar-refractivity contribution >= 4 is 55.3 Å². The standard InChI is InChI=1S/2FH.2Li.2Mg.2Na.O3Si.6H/c;;;;;;;;1-4(2)3;;;;;;/h2*1H;;;;;;;;;;;;;/q;;2*+1;2*+2;2*+1;-2;6*-1. The van der Waals surface area contributed by atoms with Crippen molar-refractivity contribution in [1.82, 2.24) is 0 Å². The van der Waals surface area contributed by atoms with Gasteiger partial charge in [0.05, 0.1) is 0 Å². The fraction of sp³-hybridized carbons (Fsp3) is 0. The van der Waals surface area contributed by atoms with Gasteiger partial charge in [0.25, 0.3) is 0 Å². The Morgan fingerprint density at radius 1 is 0.917 bits per heavy atom. The van der Waals surface area contributed by atoms with Gasteiger partial charge in [-0.2, -0.15) is 0 Å². The van der Waals surface area contributed by atoms with E-state index in [9.17, 15) is 0 Å². The predicted octanol–water partition coefficient (Wildman–Crippen LogP) is -14.6. The Labute approximate surface area is 181 Å². The van der Waals surface area contributed by atoms with Crippen molar-refractivity contribution in [2.75, 3.05) is 0 Å². The summed E-state index contributed by atoms with van der Waals surface area (Å²) in [5.74, 6) is 0. The van der Waals surface area contributed by atoms with Gasteiger partial charge in [0, 0.05) is 9.17 Å². The molecule has 0 rings (SSSR count). The average Bonchev–Trinajstić information content (AvgIpc) is 0.811. The summed E-state index contributed by atoms with van der Waals surface area (Å²) in [5, 5.41) is 0. The Kier molecular flexibility index (Phi) is 355. The molecule has 0 atom stereocenters. The molecule has 0 fully saturated rings. The second kappa shape index (κ2) is 59.1. The molecule has 0 aliphatic heterocycles. The Morgan fingerprint density at radius 3 is 0.917 bits per heavy atom. The molecule has 12 heavy (non-hydrogen) atoms. The second-order valence-electron chi connectivity index (χ2n) is 0.250. The van der Waals surface area contributed by atoms with Crippen LogP contribution in [0.1, 0.15) is 8.56 Å². The van der Waals surface area contributed by atoms with Gasteiger partial charge in [-0.3, -0.25) is 9.41 Å². The van der Waals surface area contributed by atoms with Crippen LogP contribution in [0.3, 0.4) is 0 Å². The van der Waals surface area contributed by atoms with Crippen LogP contribution in [0.5, 0.6) is 0 Å². The first-order valence-corrected chi connectivity index (χ1v) is 1.84. The fourth-order valence-corrected chi connectivity index (χ4v) is 0. The van der Waals surface area contributed by atoms with Gasteiger partial charge in [-0.1, -0.05) is 0 Å². The Bertz CT molecular complexity index is 69.8. The van der Waals surface area contributed by atoms with Gasteiger partial charge in [-0.25, -0.2) is 0 Å². The van der Waals surface area contributed by atoms with Crippen LogP contribution in [0.15, 0.2) is 0 Å². The molecule has 12 heteroatoms. The number of hydrogen-bond donors (Lipinski definition) is 0. The smallest absolute Gasteiger partial charge is 1.00 e. The first-order chi connectivity index (χ1) is 1.73. The van der Waals surface area contributed by atoms with Crippen molar-refractivity contribution < 1.29 is 129 Å². The molecule has 0 N–H and O–H groups in total. The summed E-state index contributed by atoms with van der Waals surface area (Å²) < 4.78 is 8.52. The summed E-state index contributed by atoms with van der Waals surface area (Å²) >= 11 is 0. The van der Waals surface area contributed by atoms with Crippen molar-refractivity contribution in [3.8, 4) is 0 Å². The van der Waals surface area contributed by atoms with Gasteiger partial charge in [0.1, 0.15) is 0 Å². The summed E-state index contributed by atoms with van der Waals surface area (Å²) in [4.78, 5) is 17.0. The van der Waals surface area contributed by atoms with Crippen LogP contribution < -0.4 is 106 Å². The van der Waals surface area contributed by atoms with Crippen molar-refractivity contribution in [2.45, 2.75) is 0 Å². The first-order valence-electron chi connectivity index (χ1n) is 0.612. The zero-order valence-corrected chi connectivity index (χ0v) is 15.8. The van der Waals surface area contributed by atoms with Crippen LogP contribution in [-0.2, 0) is 4.46 Å². The molecule has 0 aromatic rings. The Balaban J connectivity index is -0.000000000495. The van der Waals surface area contributed by atoms with Gasteiger partial charge >= 0.3 is 143 Å². The van der Waals surface area contributed by atoms with Crippen LogP contribution in [-0.4, -0.2) is 55.3 Å². The second-order valence-corrected chi connectivity index (χ2v) is 0.750. The van der Waals surface area contributed by atoms with Crippen LogP contribution in [0, 0.1) is 0 Å². The topological polar surface area (TPSA) is 63.2 Å². The molecule has 0 amide bonds. The summed E-state index contributed by atoms with van der Waals surface area (Å²) in [5.41, 5.74) is 0. The molecule has 0 heterocycles. The molecule has 0 spiro atoms. The molecule has 3 nitrogen and oxygen atoms in total. The molecule has 0 saturated heterocycles. The first kappa shape index (κ1) is 72.2. The Morgan fingerprint density at radius 2 is 0.917 bits per heavy atom. The monoisotopic (exact) mass is 230 g/mol. The van der Waals surface area contributed by atoms with E-state index in [0.29, 0.717) is 0 Å². The molecule has 0 aliphatic carbocycles. The van der Waals surface area contributed by atoms with Crippen LogP contribution >= 0.6 is 0 Å². The van der Waals surface area contributed by atoms with Crippen molar-refractivity contribution in [3.63, 3.8) is 0 Å². The molecular weight excluding hydrogens is 223 g/mol. The van der Waals surface area contributed by atoms with E-state index < -0.39 is 9.17 Å². The maximum atomic E-state index is 8.52. The quantitative estimate of drug-likeness (QED) is 0.388. The number of halogens is 2. The van der Waals surface area contributed by atoms with E-state index in [1.165, 1.54) is 0 Å². The molecular formula is H8F2Li2Mg2Na2O3Si. The SMILES string of the molecule is F.F.O=[Si]([O-])[O-].[H-].[H-].[H-].[H-].[H-].[H-].[Li+].[Li+].[Mg+2].[Mg+2].[Na+].[Na+]. The van der Waals surface area contributed by atoms with E-state index >= 15 is 0 Å². The van der Waals surface area contributed by atoms with Crippen LogP contribution in [0.25, 0.3) is 0 Å². The molecule has 0 saturated carbocycles.